The summed E-state index contributed by atoms with van der Waals surface area (Å²) < 4.78 is 5.96. The Bertz CT molecular complexity index is 459. The second-order valence-electron chi connectivity index (χ2n) is 4.18. The van der Waals surface area contributed by atoms with Crippen LogP contribution in [0.25, 0.3) is 0 Å². The molecule has 90 valence electrons. The van der Waals surface area contributed by atoms with Crippen molar-refractivity contribution >= 4 is 11.3 Å². The van der Waals surface area contributed by atoms with Gasteiger partial charge < -0.3 is 10.5 Å². The van der Waals surface area contributed by atoms with E-state index in [9.17, 15) is 0 Å². The molecule has 0 saturated heterocycles. The van der Waals surface area contributed by atoms with E-state index in [1.807, 2.05) is 23.6 Å². The van der Waals surface area contributed by atoms with E-state index in [1.54, 1.807) is 11.3 Å². The second-order valence-corrected chi connectivity index (χ2v) is 5.16. The van der Waals surface area contributed by atoms with Crippen LogP contribution in [-0.4, -0.2) is 6.54 Å². The standard InChI is InChI=1S/C14H17NOS/c1-10-6-11(2)8-12(7-10)16-13(9-15)14-4-3-5-17-14/h3-8,13H,9,15H2,1-2H3. The molecule has 2 N–H and O–H groups in total. The Morgan fingerprint density at radius 2 is 1.94 bits per heavy atom. The highest BCUT2D eigenvalue weighted by Crippen LogP contribution is 2.26. The van der Waals surface area contributed by atoms with Gasteiger partial charge in [-0.2, -0.15) is 0 Å². The van der Waals surface area contributed by atoms with Crippen molar-refractivity contribution in [2.75, 3.05) is 6.54 Å². The molecule has 1 unspecified atom stereocenters. The third kappa shape index (κ3) is 3.08. The van der Waals surface area contributed by atoms with Crippen molar-refractivity contribution in [3.63, 3.8) is 0 Å². The van der Waals surface area contributed by atoms with E-state index in [1.165, 1.54) is 16.0 Å². The van der Waals surface area contributed by atoms with Crippen LogP contribution in [0.1, 0.15) is 22.1 Å². The Morgan fingerprint density at radius 3 is 2.47 bits per heavy atom. The van der Waals surface area contributed by atoms with E-state index in [0.29, 0.717) is 6.54 Å². The fourth-order valence-corrected chi connectivity index (χ4v) is 2.63. The molecule has 0 amide bonds. The lowest BCUT2D eigenvalue weighted by Crippen LogP contribution is -2.17. The van der Waals surface area contributed by atoms with E-state index in [4.69, 9.17) is 10.5 Å². The molecule has 2 rings (SSSR count). The first-order chi connectivity index (χ1) is 8.19. The fraction of sp³-hybridized carbons (Fsp3) is 0.286. The van der Waals surface area contributed by atoms with Crippen molar-refractivity contribution in [3.05, 3.63) is 51.7 Å². The molecule has 0 radical (unpaired) electrons. The van der Waals surface area contributed by atoms with Crippen molar-refractivity contribution in [3.8, 4) is 5.75 Å². The van der Waals surface area contributed by atoms with Gasteiger partial charge in [-0.05, 0) is 48.6 Å². The predicted octanol–water partition coefficient (Wildman–Crippen LogP) is 3.44. The average molecular weight is 247 g/mol. The molecule has 0 spiro atoms. The van der Waals surface area contributed by atoms with Gasteiger partial charge in [0.05, 0.1) is 0 Å². The SMILES string of the molecule is Cc1cc(C)cc(OC(CN)c2cccs2)c1. The number of aryl methyl sites for hydroxylation is 2. The molecule has 1 aromatic heterocycles. The quantitative estimate of drug-likeness (QED) is 0.898. The number of benzene rings is 1. The van der Waals surface area contributed by atoms with E-state index in [2.05, 4.69) is 26.0 Å². The van der Waals surface area contributed by atoms with Gasteiger partial charge in [0, 0.05) is 11.4 Å². The van der Waals surface area contributed by atoms with Crippen LogP contribution >= 0.6 is 11.3 Å². The van der Waals surface area contributed by atoms with Crippen LogP contribution in [0.15, 0.2) is 35.7 Å². The van der Waals surface area contributed by atoms with Crippen molar-refractivity contribution in [2.45, 2.75) is 20.0 Å². The Labute approximate surface area is 106 Å². The minimum absolute atomic E-state index is 0.0452. The second kappa shape index (κ2) is 5.34. The maximum atomic E-state index is 5.96. The smallest absolute Gasteiger partial charge is 0.145 e. The summed E-state index contributed by atoms with van der Waals surface area (Å²) in [5.74, 6) is 0.895. The van der Waals surface area contributed by atoms with Crippen LogP contribution in [0.4, 0.5) is 0 Å². The molecule has 2 aromatic rings. The van der Waals surface area contributed by atoms with Gasteiger partial charge in [-0.25, -0.2) is 0 Å². The summed E-state index contributed by atoms with van der Waals surface area (Å²) in [6, 6.07) is 10.3. The Balaban J connectivity index is 2.18. The maximum Gasteiger partial charge on any atom is 0.145 e. The largest absolute Gasteiger partial charge is 0.484 e. The Hall–Kier alpha value is -1.32. The maximum absolute atomic E-state index is 5.96. The minimum atomic E-state index is -0.0452. The summed E-state index contributed by atoms with van der Waals surface area (Å²) in [5.41, 5.74) is 8.19. The van der Waals surface area contributed by atoms with E-state index < -0.39 is 0 Å². The molecule has 17 heavy (non-hydrogen) atoms. The van der Waals surface area contributed by atoms with Crippen molar-refractivity contribution in [2.24, 2.45) is 5.73 Å². The number of nitrogens with two attached hydrogens (primary N) is 1. The van der Waals surface area contributed by atoms with Gasteiger partial charge in [0.1, 0.15) is 11.9 Å². The zero-order valence-electron chi connectivity index (χ0n) is 10.1. The molecule has 0 saturated carbocycles. The molecule has 0 fully saturated rings. The summed E-state index contributed by atoms with van der Waals surface area (Å²) >= 11 is 1.68. The van der Waals surface area contributed by atoms with Crippen LogP contribution in [-0.2, 0) is 0 Å². The average Bonchev–Trinajstić information content (AvgIpc) is 2.77. The molecular formula is C14H17NOS. The van der Waals surface area contributed by atoms with Crippen LogP contribution in [0, 0.1) is 13.8 Å². The van der Waals surface area contributed by atoms with Gasteiger partial charge in [-0.15, -0.1) is 11.3 Å². The molecule has 3 heteroatoms. The molecule has 0 aliphatic carbocycles. The lowest BCUT2D eigenvalue weighted by atomic mass is 10.1. The van der Waals surface area contributed by atoms with Gasteiger partial charge in [0.25, 0.3) is 0 Å². The lowest BCUT2D eigenvalue weighted by molar-refractivity contribution is 0.218. The number of thiophene rings is 1. The van der Waals surface area contributed by atoms with Gasteiger partial charge in [-0.1, -0.05) is 12.1 Å². The summed E-state index contributed by atoms with van der Waals surface area (Å²) in [6.45, 7) is 4.64. The lowest BCUT2D eigenvalue weighted by Gasteiger charge is -2.16. The highest BCUT2D eigenvalue weighted by molar-refractivity contribution is 7.10. The molecule has 1 atom stereocenters. The third-order valence-electron chi connectivity index (χ3n) is 2.55. The molecule has 0 aliphatic heterocycles. The number of hydrogen-bond donors (Lipinski definition) is 1. The zero-order chi connectivity index (χ0) is 12.3. The van der Waals surface area contributed by atoms with Crippen molar-refractivity contribution < 1.29 is 4.74 Å². The van der Waals surface area contributed by atoms with Crippen LogP contribution in [0.3, 0.4) is 0 Å². The van der Waals surface area contributed by atoms with Crippen molar-refractivity contribution in [1.29, 1.82) is 0 Å². The van der Waals surface area contributed by atoms with Gasteiger partial charge in [-0.3, -0.25) is 0 Å². The molecule has 1 heterocycles. The predicted molar refractivity (Wildman–Crippen MR) is 72.7 cm³/mol. The highest BCUT2D eigenvalue weighted by Gasteiger charge is 2.12. The van der Waals surface area contributed by atoms with Crippen LogP contribution in [0.2, 0.25) is 0 Å². The monoisotopic (exact) mass is 247 g/mol. The third-order valence-corrected chi connectivity index (χ3v) is 3.51. The molecule has 0 aliphatic rings. The number of rotatable bonds is 4. The first kappa shape index (κ1) is 12.1. The Kier molecular flexibility index (Phi) is 3.82. The fourth-order valence-electron chi connectivity index (χ4n) is 1.86. The molecule has 0 bridgehead atoms. The topological polar surface area (TPSA) is 35.2 Å². The summed E-state index contributed by atoms with van der Waals surface area (Å²) in [6.07, 6.45) is -0.0452. The normalized spacial score (nSPS) is 12.4. The highest BCUT2D eigenvalue weighted by atomic mass is 32.1. The van der Waals surface area contributed by atoms with Gasteiger partial charge >= 0.3 is 0 Å². The number of hydrogen-bond acceptors (Lipinski definition) is 3. The Morgan fingerprint density at radius 1 is 1.24 bits per heavy atom. The first-order valence-electron chi connectivity index (χ1n) is 5.67. The summed E-state index contributed by atoms with van der Waals surface area (Å²) in [5, 5.41) is 2.04. The van der Waals surface area contributed by atoms with E-state index in [-0.39, 0.29) is 6.10 Å². The van der Waals surface area contributed by atoms with Crippen molar-refractivity contribution in [1.82, 2.24) is 0 Å². The van der Waals surface area contributed by atoms with Crippen LogP contribution in [0.5, 0.6) is 5.75 Å². The zero-order valence-corrected chi connectivity index (χ0v) is 11.0. The molecule has 1 aromatic carbocycles. The molecular weight excluding hydrogens is 230 g/mol. The van der Waals surface area contributed by atoms with E-state index >= 15 is 0 Å². The first-order valence-corrected chi connectivity index (χ1v) is 6.55. The minimum Gasteiger partial charge on any atom is -0.484 e. The van der Waals surface area contributed by atoms with E-state index in [0.717, 1.165) is 5.75 Å². The van der Waals surface area contributed by atoms with Gasteiger partial charge in [0.15, 0.2) is 0 Å². The number of ether oxygens (including phenoxy) is 1. The molecule has 2 nitrogen and oxygen atoms in total. The van der Waals surface area contributed by atoms with Crippen LogP contribution < -0.4 is 10.5 Å². The summed E-state index contributed by atoms with van der Waals surface area (Å²) in [4.78, 5) is 1.17. The van der Waals surface area contributed by atoms with Gasteiger partial charge in [0.2, 0.25) is 0 Å². The summed E-state index contributed by atoms with van der Waals surface area (Å²) in [7, 11) is 0.